The third kappa shape index (κ3) is 4.75. The van der Waals surface area contributed by atoms with Crippen LogP contribution < -0.4 is 14.5 Å². The summed E-state index contributed by atoms with van der Waals surface area (Å²) in [5, 5.41) is 10.3. The van der Waals surface area contributed by atoms with Gasteiger partial charge in [-0.1, -0.05) is 37.3 Å². The lowest BCUT2D eigenvalue weighted by Crippen LogP contribution is -2.58. The minimum atomic E-state index is -1.23. The Morgan fingerprint density at radius 1 is 1.05 bits per heavy atom. The van der Waals surface area contributed by atoms with Gasteiger partial charge in [0.25, 0.3) is 5.91 Å². The maximum Gasteiger partial charge on any atom is 0.253 e. The number of amides is 3. The first-order chi connectivity index (χ1) is 20.7. The van der Waals surface area contributed by atoms with Crippen LogP contribution in [0.25, 0.3) is 0 Å². The van der Waals surface area contributed by atoms with Crippen LogP contribution >= 0.6 is 0 Å². The molecule has 1 spiro atoms. The molecule has 3 saturated heterocycles. The number of ether oxygens (including phenoxy) is 2. The molecule has 0 saturated carbocycles. The molecule has 2 bridgehead atoms. The molecule has 1 N–H and O–H groups in total. The smallest absolute Gasteiger partial charge is 0.253 e. The van der Waals surface area contributed by atoms with Gasteiger partial charge < -0.3 is 29.3 Å². The number of hydrogen-bond acceptors (Lipinski definition) is 6. The molecule has 3 heterocycles. The van der Waals surface area contributed by atoms with Gasteiger partial charge in [-0.25, -0.2) is 0 Å². The zero-order valence-corrected chi connectivity index (χ0v) is 25.1. The number of hydrogen-bond donors (Lipinski definition) is 1. The lowest BCUT2D eigenvalue weighted by atomic mass is 9.64. The van der Waals surface area contributed by atoms with Crippen molar-refractivity contribution in [2.75, 3.05) is 36.6 Å². The molecule has 3 aliphatic heterocycles. The third-order valence-corrected chi connectivity index (χ3v) is 9.47. The second-order valence-electron chi connectivity index (χ2n) is 11.6. The van der Waals surface area contributed by atoms with Crippen LogP contribution in [-0.4, -0.2) is 77.8 Å². The Hall–Kier alpha value is -3.95. The maximum absolute atomic E-state index is 14.7. The molecule has 43 heavy (non-hydrogen) atoms. The molecule has 3 fully saturated rings. The molecule has 6 atom stereocenters. The van der Waals surface area contributed by atoms with Crippen molar-refractivity contribution >= 4 is 29.1 Å². The van der Waals surface area contributed by atoms with Gasteiger partial charge in [-0.05, 0) is 62.6 Å². The van der Waals surface area contributed by atoms with Crippen LogP contribution in [0, 0.1) is 11.8 Å². The molecule has 0 aliphatic carbocycles. The number of benzene rings is 2. The van der Waals surface area contributed by atoms with Crippen LogP contribution in [0.15, 0.2) is 79.9 Å². The zero-order valence-electron chi connectivity index (χ0n) is 25.1. The fourth-order valence-electron chi connectivity index (χ4n) is 7.46. The van der Waals surface area contributed by atoms with E-state index in [0.717, 1.165) is 0 Å². The van der Waals surface area contributed by atoms with Gasteiger partial charge in [-0.15, -0.1) is 13.2 Å². The number of carbonyl (C=O) groups is 3. The van der Waals surface area contributed by atoms with E-state index in [1.54, 1.807) is 60.3 Å². The first kappa shape index (κ1) is 30.5. The molecule has 2 aromatic rings. The minimum Gasteiger partial charge on any atom is -0.497 e. The third-order valence-electron chi connectivity index (χ3n) is 9.47. The molecular formula is C34H41N3O6. The molecule has 3 aliphatic rings. The normalized spacial score (nSPS) is 27.9. The molecule has 5 rings (SSSR count). The topological polar surface area (TPSA) is 99.6 Å². The summed E-state index contributed by atoms with van der Waals surface area (Å²) in [4.78, 5) is 48.5. The monoisotopic (exact) mass is 587 g/mol. The van der Waals surface area contributed by atoms with E-state index in [0.29, 0.717) is 36.4 Å². The van der Waals surface area contributed by atoms with Gasteiger partial charge in [-0.2, -0.15) is 0 Å². The number of aliphatic hydroxyl groups is 1. The lowest BCUT2D eigenvalue weighted by Gasteiger charge is -2.38. The highest BCUT2D eigenvalue weighted by atomic mass is 16.5. The van der Waals surface area contributed by atoms with E-state index in [9.17, 15) is 19.5 Å². The summed E-state index contributed by atoms with van der Waals surface area (Å²) in [6, 6.07) is 14.7. The predicted molar refractivity (Wildman–Crippen MR) is 165 cm³/mol. The highest BCUT2D eigenvalue weighted by molar-refractivity contribution is 6.07. The molecule has 0 aromatic heterocycles. The van der Waals surface area contributed by atoms with Crippen molar-refractivity contribution in [1.82, 2.24) is 4.90 Å². The first-order valence-corrected chi connectivity index (χ1v) is 14.9. The van der Waals surface area contributed by atoms with Gasteiger partial charge >= 0.3 is 0 Å². The van der Waals surface area contributed by atoms with Gasteiger partial charge in [0.1, 0.15) is 17.4 Å². The number of anilines is 2. The average Bonchev–Trinajstić information content (AvgIpc) is 3.65. The van der Waals surface area contributed by atoms with Crippen molar-refractivity contribution in [3.05, 3.63) is 79.9 Å². The molecule has 2 unspecified atom stereocenters. The van der Waals surface area contributed by atoms with Crippen molar-refractivity contribution in [2.45, 2.75) is 56.4 Å². The van der Waals surface area contributed by atoms with Crippen molar-refractivity contribution in [3.63, 3.8) is 0 Å². The van der Waals surface area contributed by atoms with Gasteiger partial charge in [0, 0.05) is 24.5 Å². The quantitative estimate of drug-likeness (QED) is 0.378. The molecule has 9 nitrogen and oxygen atoms in total. The number of fused-ring (bicyclic) bond motifs is 1. The summed E-state index contributed by atoms with van der Waals surface area (Å²) in [5.74, 6) is -1.95. The van der Waals surface area contributed by atoms with Crippen LogP contribution in [0.3, 0.4) is 0 Å². The Morgan fingerprint density at radius 3 is 2.21 bits per heavy atom. The molecule has 3 amide bonds. The Kier molecular flexibility index (Phi) is 8.49. The van der Waals surface area contributed by atoms with E-state index in [1.807, 2.05) is 37.3 Å². The Morgan fingerprint density at radius 2 is 1.65 bits per heavy atom. The maximum atomic E-state index is 14.7. The standard InChI is InChI=1S/C34H41N3O6/c1-6-20-35(24-12-10-9-11-13-24)30(39)27-28-31(40)37(23(4)22-38)29(34(28)19-18-33(27,8-3)43-34)32(41)36(21-7-2)25-14-16-26(42-5)17-15-25/h6-7,9-17,23,27-29,38H,1-2,8,18-22H2,3-5H3/t23-,27+,28+,29?,33-,34?/m1/s1. The lowest BCUT2D eigenvalue weighted by molar-refractivity contribution is -0.149. The second-order valence-corrected chi connectivity index (χ2v) is 11.6. The zero-order chi connectivity index (χ0) is 30.9. The van der Waals surface area contributed by atoms with E-state index in [1.165, 1.54) is 4.90 Å². The summed E-state index contributed by atoms with van der Waals surface area (Å²) in [7, 11) is 1.57. The van der Waals surface area contributed by atoms with Gasteiger partial charge in [0.15, 0.2) is 0 Å². The molecule has 2 aromatic carbocycles. The number of methoxy groups -OCH3 is 1. The number of para-hydroxylation sites is 1. The molecule has 228 valence electrons. The number of carbonyl (C=O) groups excluding carboxylic acids is 3. The van der Waals surface area contributed by atoms with E-state index in [2.05, 4.69) is 13.2 Å². The van der Waals surface area contributed by atoms with Crippen LogP contribution in [0.5, 0.6) is 5.75 Å². The molecular weight excluding hydrogens is 546 g/mol. The highest BCUT2D eigenvalue weighted by Crippen LogP contribution is 2.65. The number of nitrogens with zero attached hydrogens (tertiary/aromatic N) is 3. The van der Waals surface area contributed by atoms with Gasteiger partial charge in [0.05, 0.1) is 37.2 Å². The molecule has 9 heteroatoms. The highest BCUT2D eigenvalue weighted by Gasteiger charge is 2.79. The number of likely N-dealkylation sites (tertiary alicyclic amines) is 1. The Labute approximate surface area is 253 Å². The van der Waals surface area contributed by atoms with Crippen molar-refractivity contribution in [1.29, 1.82) is 0 Å². The summed E-state index contributed by atoms with van der Waals surface area (Å²) in [6.07, 6.45) is 4.79. The largest absolute Gasteiger partial charge is 0.497 e. The van der Waals surface area contributed by atoms with Crippen molar-refractivity contribution in [2.24, 2.45) is 11.8 Å². The van der Waals surface area contributed by atoms with Crippen LogP contribution in [-0.2, 0) is 19.1 Å². The summed E-state index contributed by atoms with van der Waals surface area (Å²) < 4.78 is 12.2. The van der Waals surface area contributed by atoms with Gasteiger partial charge in [0.2, 0.25) is 11.8 Å². The Balaban J connectivity index is 1.62. The first-order valence-electron chi connectivity index (χ1n) is 14.9. The fraction of sp³-hybridized carbons (Fsp3) is 0.441. The summed E-state index contributed by atoms with van der Waals surface area (Å²) in [6.45, 7) is 11.5. The van der Waals surface area contributed by atoms with Crippen LogP contribution in [0.4, 0.5) is 11.4 Å². The summed E-state index contributed by atoms with van der Waals surface area (Å²) >= 11 is 0. The van der Waals surface area contributed by atoms with E-state index in [4.69, 9.17) is 9.47 Å². The van der Waals surface area contributed by atoms with Crippen molar-refractivity contribution < 1.29 is 29.0 Å². The van der Waals surface area contributed by atoms with Crippen molar-refractivity contribution in [3.8, 4) is 5.75 Å². The number of aliphatic hydroxyl groups excluding tert-OH is 1. The van der Waals surface area contributed by atoms with E-state index in [-0.39, 0.29) is 37.4 Å². The average molecular weight is 588 g/mol. The second kappa shape index (κ2) is 12.0. The summed E-state index contributed by atoms with van der Waals surface area (Å²) in [5.41, 5.74) is -0.815. The Bertz CT molecular complexity index is 1380. The van der Waals surface area contributed by atoms with E-state index >= 15 is 0 Å². The van der Waals surface area contributed by atoms with Crippen LogP contribution in [0.1, 0.15) is 33.1 Å². The van der Waals surface area contributed by atoms with Crippen LogP contribution in [0.2, 0.25) is 0 Å². The number of rotatable bonds is 12. The predicted octanol–water partition coefficient (Wildman–Crippen LogP) is 3.97. The SMILES string of the molecule is C=CCN(C(=O)C1N([C@H](C)CO)C(=O)[C@@H]2[C@@H](C(=O)N(CC=C)c3ccccc3)[C@@]3(CC)CCC12O3)c1ccc(OC)cc1. The van der Waals surface area contributed by atoms with E-state index < -0.39 is 35.1 Å². The minimum absolute atomic E-state index is 0.195. The fourth-order valence-corrected chi connectivity index (χ4v) is 7.46. The molecule has 0 radical (unpaired) electrons. The van der Waals surface area contributed by atoms with Gasteiger partial charge in [-0.3, -0.25) is 14.4 Å².